The van der Waals surface area contributed by atoms with Crippen LogP contribution in [0.1, 0.15) is 16.1 Å². The van der Waals surface area contributed by atoms with Crippen LogP contribution in [0.15, 0.2) is 34.9 Å². The Morgan fingerprint density at radius 1 is 1.19 bits per heavy atom. The van der Waals surface area contributed by atoms with Gasteiger partial charge in [-0.25, -0.2) is 0 Å². The summed E-state index contributed by atoms with van der Waals surface area (Å²) < 4.78 is 4.91. The molecule has 8 nitrogen and oxygen atoms in total. The van der Waals surface area contributed by atoms with E-state index < -0.39 is 0 Å². The molecule has 0 radical (unpaired) electrons. The second-order valence-corrected chi connectivity index (χ2v) is 6.03. The summed E-state index contributed by atoms with van der Waals surface area (Å²) >= 11 is 0. The SMILES string of the molecule is Cc1cc(NC(=O)CN2CCN(C(=O)c3ccccc3N)CC2)no1.Cl.Cl. The summed E-state index contributed by atoms with van der Waals surface area (Å²) in [5.74, 6) is 0.833. The van der Waals surface area contributed by atoms with E-state index in [1.165, 1.54) is 0 Å². The van der Waals surface area contributed by atoms with Crippen molar-refractivity contribution in [3.05, 3.63) is 41.7 Å². The zero-order valence-corrected chi connectivity index (χ0v) is 16.5. The van der Waals surface area contributed by atoms with Crippen LogP contribution in [0.3, 0.4) is 0 Å². The van der Waals surface area contributed by atoms with Crippen LogP contribution in [-0.4, -0.2) is 59.5 Å². The summed E-state index contributed by atoms with van der Waals surface area (Å²) in [6.07, 6.45) is 0. The maximum atomic E-state index is 12.5. The summed E-state index contributed by atoms with van der Waals surface area (Å²) in [6, 6.07) is 8.73. The van der Waals surface area contributed by atoms with Gasteiger partial charge < -0.3 is 20.5 Å². The Bertz CT molecular complexity index is 775. The van der Waals surface area contributed by atoms with Gasteiger partial charge in [-0.05, 0) is 19.1 Å². The van der Waals surface area contributed by atoms with E-state index in [0.717, 1.165) is 0 Å². The molecule has 2 aromatic rings. The van der Waals surface area contributed by atoms with Crippen molar-refractivity contribution in [2.45, 2.75) is 6.92 Å². The van der Waals surface area contributed by atoms with Crippen LogP contribution >= 0.6 is 24.8 Å². The van der Waals surface area contributed by atoms with Crippen molar-refractivity contribution in [2.75, 3.05) is 43.8 Å². The van der Waals surface area contributed by atoms with E-state index in [2.05, 4.69) is 10.5 Å². The summed E-state index contributed by atoms with van der Waals surface area (Å²) in [6.45, 7) is 4.39. The number of para-hydroxylation sites is 1. The fourth-order valence-corrected chi connectivity index (χ4v) is 2.78. The van der Waals surface area contributed by atoms with Gasteiger partial charge in [0.05, 0.1) is 12.1 Å². The highest BCUT2D eigenvalue weighted by Crippen LogP contribution is 2.15. The largest absolute Gasteiger partial charge is 0.398 e. The zero-order valence-electron chi connectivity index (χ0n) is 14.9. The number of nitrogen functional groups attached to an aromatic ring is 1. The van der Waals surface area contributed by atoms with Crippen molar-refractivity contribution in [3.8, 4) is 0 Å². The number of nitrogens with one attached hydrogen (secondary N) is 1. The van der Waals surface area contributed by atoms with Gasteiger partial charge in [0.1, 0.15) is 5.76 Å². The highest BCUT2D eigenvalue weighted by Gasteiger charge is 2.24. The fourth-order valence-electron chi connectivity index (χ4n) is 2.78. The first kappa shape index (κ1) is 22.8. The summed E-state index contributed by atoms with van der Waals surface area (Å²) in [7, 11) is 0. The average Bonchev–Trinajstić information content (AvgIpc) is 3.00. The first-order chi connectivity index (χ1) is 12.0. The van der Waals surface area contributed by atoms with Crippen LogP contribution < -0.4 is 11.1 Å². The number of nitrogens with zero attached hydrogens (tertiary/aromatic N) is 3. The van der Waals surface area contributed by atoms with Crippen LogP contribution in [0, 0.1) is 6.92 Å². The molecule has 1 aliphatic heterocycles. The molecule has 1 aromatic heterocycles. The number of piperazine rings is 1. The van der Waals surface area contributed by atoms with Gasteiger partial charge in [-0.15, -0.1) is 24.8 Å². The Hall–Kier alpha value is -2.29. The monoisotopic (exact) mass is 415 g/mol. The minimum Gasteiger partial charge on any atom is -0.398 e. The number of carbonyl (C=O) groups excluding carboxylic acids is 2. The predicted molar refractivity (Wildman–Crippen MR) is 108 cm³/mol. The third-order valence-corrected chi connectivity index (χ3v) is 4.11. The lowest BCUT2D eigenvalue weighted by Crippen LogP contribution is -2.50. The van der Waals surface area contributed by atoms with Crippen LogP contribution in [0.4, 0.5) is 11.5 Å². The number of aryl methyl sites for hydroxylation is 1. The van der Waals surface area contributed by atoms with Gasteiger partial charge >= 0.3 is 0 Å². The molecule has 0 bridgehead atoms. The number of hydrogen-bond donors (Lipinski definition) is 2. The topological polar surface area (TPSA) is 105 Å². The molecule has 0 atom stereocenters. The molecule has 3 N–H and O–H groups in total. The van der Waals surface area contributed by atoms with E-state index in [1.54, 1.807) is 42.2 Å². The zero-order chi connectivity index (χ0) is 17.8. The number of amides is 2. The molecule has 0 unspecified atom stereocenters. The fraction of sp³-hybridized carbons (Fsp3) is 0.353. The molecule has 148 valence electrons. The molecule has 1 aliphatic rings. The highest BCUT2D eigenvalue weighted by atomic mass is 35.5. The lowest BCUT2D eigenvalue weighted by Gasteiger charge is -2.34. The van der Waals surface area contributed by atoms with Crippen LogP contribution in [0.5, 0.6) is 0 Å². The van der Waals surface area contributed by atoms with Crippen molar-refractivity contribution in [3.63, 3.8) is 0 Å². The number of rotatable bonds is 4. The minimum absolute atomic E-state index is 0. The van der Waals surface area contributed by atoms with Gasteiger partial charge in [-0.2, -0.15) is 0 Å². The van der Waals surface area contributed by atoms with Gasteiger partial charge in [0.15, 0.2) is 5.82 Å². The second-order valence-electron chi connectivity index (χ2n) is 6.03. The Kier molecular flexibility index (Phi) is 8.55. The molecule has 1 aromatic carbocycles. The lowest BCUT2D eigenvalue weighted by atomic mass is 10.1. The highest BCUT2D eigenvalue weighted by molar-refractivity contribution is 5.99. The maximum Gasteiger partial charge on any atom is 0.256 e. The Morgan fingerprint density at radius 2 is 1.85 bits per heavy atom. The quantitative estimate of drug-likeness (QED) is 0.737. The maximum absolute atomic E-state index is 12.5. The number of benzene rings is 1. The molecular weight excluding hydrogens is 393 g/mol. The molecule has 1 fully saturated rings. The Morgan fingerprint density at radius 3 is 2.44 bits per heavy atom. The van der Waals surface area contributed by atoms with Gasteiger partial charge in [-0.3, -0.25) is 14.5 Å². The molecule has 0 saturated carbocycles. The smallest absolute Gasteiger partial charge is 0.256 e. The van der Waals surface area contributed by atoms with E-state index in [0.29, 0.717) is 49.0 Å². The third-order valence-electron chi connectivity index (χ3n) is 4.11. The van der Waals surface area contributed by atoms with E-state index in [9.17, 15) is 9.59 Å². The van der Waals surface area contributed by atoms with Gasteiger partial charge in [0.2, 0.25) is 5.91 Å². The van der Waals surface area contributed by atoms with Gasteiger partial charge in [-0.1, -0.05) is 17.3 Å². The molecule has 0 aliphatic carbocycles. The lowest BCUT2D eigenvalue weighted by molar-refractivity contribution is -0.117. The average molecular weight is 416 g/mol. The summed E-state index contributed by atoms with van der Waals surface area (Å²) in [5.41, 5.74) is 6.88. The van der Waals surface area contributed by atoms with Crippen LogP contribution in [-0.2, 0) is 4.79 Å². The second kappa shape index (κ2) is 10.1. The third kappa shape index (κ3) is 5.85. The first-order valence-corrected chi connectivity index (χ1v) is 8.12. The van der Waals surface area contributed by atoms with Crippen LogP contribution in [0.2, 0.25) is 0 Å². The number of aromatic nitrogens is 1. The predicted octanol–water partition coefficient (Wildman–Crippen LogP) is 1.81. The molecule has 10 heteroatoms. The van der Waals surface area contributed by atoms with E-state index in [1.807, 2.05) is 4.90 Å². The normalized spacial score (nSPS) is 14.0. The van der Waals surface area contributed by atoms with Crippen molar-refractivity contribution in [2.24, 2.45) is 0 Å². The number of carbonyl (C=O) groups is 2. The standard InChI is InChI=1S/C17H21N5O3.2ClH/c1-12-10-15(20-25-12)19-16(23)11-21-6-8-22(9-7-21)17(24)13-4-2-3-5-14(13)18;;/h2-5,10H,6-9,11,18H2,1H3,(H,19,20,23);2*1H. The van der Waals surface area contributed by atoms with Crippen molar-refractivity contribution < 1.29 is 14.1 Å². The molecule has 1 saturated heterocycles. The summed E-state index contributed by atoms with van der Waals surface area (Å²) in [5, 5.41) is 6.43. The summed E-state index contributed by atoms with van der Waals surface area (Å²) in [4.78, 5) is 28.3. The Balaban J connectivity index is 0.00000182. The van der Waals surface area contributed by atoms with E-state index >= 15 is 0 Å². The van der Waals surface area contributed by atoms with Crippen LogP contribution in [0.25, 0.3) is 0 Å². The number of halogens is 2. The van der Waals surface area contributed by atoms with E-state index in [-0.39, 0.29) is 43.2 Å². The molecule has 27 heavy (non-hydrogen) atoms. The number of hydrogen-bond acceptors (Lipinski definition) is 6. The number of nitrogens with two attached hydrogens (primary N) is 1. The van der Waals surface area contributed by atoms with Crippen molar-refractivity contribution >= 4 is 48.1 Å². The molecule has 3 rings (SSSR count). The van der Waals surface area contributed by atoms with Gasteiger partial charge in [0.25, 0.3) is 5.91 Å². The van der Waals surface area contributed by atoms with Gasteiger partial charge in [0, 0.05) is 37.9 Å². The number of anilines is 2. The molecule has 2 heterocycles. The molecular formula is C17H23Cl2N5O3. The van der Waals surface area contributed by atoms with E-state index in [4.69, 9.17) is 10.3 Å². The van der Waals surface area contributed by atoms with Crippen molar-refractivity contribution in [1.29, 1.82) is 0 Å². The Labute approximate surface area is 169 Å². The first-order valence-electron chi connectivity index (χ1n) is 8.12. The van der Waals surface area contributed by atoms with Crippen molar-refractivity contribution in [1.82, 2.24) is 15.0 Å². The molecule has 2 amide bonds. The molecule has 0 spiro atoms. The minimum atomic E-state index is -0.152.